The minimum absolute atomic E-state index is 0.0288. The smallest absolute Gasteiger partial charge is 0.173 e. The summed E-state index contributed by atoms with van der Waals surface area (Å²) >= 11 is 2.85. The molecule has 0 amide bonds. The van der Waals surface area contributed by atoms with Gasteiger partial charge in [-0.05, 0) is 34.0 Å². The number of carbonyl (C=O) groups excluding carboxylic acids is 1. The van der Waals surface area contributed by atoms with Gasteiger partial charge in [0.1, 0.15) is 0 Å². The van der Waals surface area contributed by atoms with Crippen molar-refractivity contribution in [2.24, 2.45) is 5.92 Å². The molecule has 0 atom stereocenters. The van der Waals surface area contributed by atoms with Gasteiger partial charge in [-0.1, -0.05) is 13.8 Å². The quantitative estimate of drug-likeness (QED) is 0.603. The van der Waals surface area contributed by atoms with Crippen LogP contribution < -0.4 is 0 Å². The summed E-state index contributed by atoms with van der Waals surface area (Å²) in [7, 11) is 0. The van der Waals surface area contributed by atoms with Crippen molar-refractivity contribution in [3.8, 4) is 0 Å². The largest absolute Gasteiger partial charge is 0.294 e. The highest BCUT2D eigenvalue weighted by Crippen LogP contribution is 2.22. The van der Waals surface area contributed by atoms with Crippen molar-refractivity contribution in [1.82, 2.24) is 0 Å². The zero-order chi connectivity index (χ0) is 11.6. The van der Waals surface area contributed by atoms with E-state index in [4.69, 9.17) is 0 Å². The van der Waals surface area contributed by atoms with E-state index in [1.54, 1.807) is 0 Å². The molecule has 1 rings (SSSR count). The second-order valence-electron chi connectivity index (χ2n) is 3.74. The van der Waals surface area contributed by atoms with E-state index in [9.17, 15) is 13.6 Å². The molecular weight excluding hydrogens is 266 g/mol. The third-order valence-corrected chi connectivity index (χ3v) is 2.54. The molecule has 1 aromatic carbocycles. The number of rotatable bonds is 3. The molecule has 1 nitrogen and oxygen atoms in total. The number of carbonyl (C=O) groups is 1. The van der Waals surface area contributed by atoms with Gasteiger partial charge in [0.05, 0.1) is 10.0 Å². The van der Waals surface area contributed by atoms with E-state index in [0.29, 0.717) is 0 Å². The molecule has 0 heterocycles. The third-order valence-electron chi connectivity index (χ3n) is 1.93. The Balaban J connectivity index is 3.06. The number of ketones is 1. The maximum atomic E-state index is 13.3. The van der Waals surface area contributed by atoms with Gasteiger partial charge in [0.2, 0.25) is 0 Å². The molecule has 0 aliphatic carbocycles. The Hall–Kier alpha value is -0.770. The van der Waals surface area contributed by atoms with Gasteiger partial charge >= 0.3 is 0 Å². The fraction of sp³-hybridized carbons (Fsp3) is 0.364. The molecule has 0 unspecified atom stereocenters. The molecule has 1 aromatic rings. The van der Waals surface area contributed by atoms with Crippen molar-refractivity contribution in [2.75, 3.05) is 0 Å². The summed E-state index contributed by atoms with van der Waals surface area (Å²) in [4.78, 5) is 11.5. The summed E-state index contributed by atoms with van der Waals surface area (Å²) in [6, 6.07) is 2.64. The summed E-state index contributed by atoms with van der Waals surface area (Å²) in [6.45, 7) is 3.70. The van der Waals surface area contributed by atoms with Crippen LogP contribution in [-0.2, 0) is 0 Å². The molecule has 0 N–H and O–H groups in total. The van der Waals surface area contributed by atoms with Gasteiger partial charge in [-0.25, -0.2) is 8.78 Å². The highest BCUT2D eigenvalue weighted by atomic mass is 79.9. The first-order valence-electron chi connectivity index (χ1n) is 4.60. The number of hydrogen-bond donors (Lipinski definition) is 0. The summed E-state index contributed by atoms with van der Waals surface area (Å²) in [5.41, 5.74) is -0.176. The van der Waals surface area contributed by atoms with Crippen LogP contribution in [0.5, 0.6) is 0 Å². The van der Waals surface area contributed by atoms with Crippen LogP contribution in [0.3, 0.4) is 0 Å². The van der Waals surface area contributed by atoms with Crippen LogP contribution in [-0.4, -0.2) is 5.78 Å². The molecule has 4 heteroatoms. The van der Waals surface area contributed by atoms with E-state index in [1.165, 1.54) is 12.1 Å². The molecule has 0 fully saturated rings. The molecule has 15 heavy (non-hydrogen) atoms. The lowest BCUT2D eigenvalue weighted by Crippen LogP contribution is -2.07. The first-order valence-corrected chi connectivity index (χ1v) is 5.39. The summed E-state index contributed by atoms with van der Waals surface area (Å²) in [5, 5.41) is 0. The van der Waals surface area contributed by atoms with E-state index in [0.717, 1.165) is 0 Å². The minimum atomic E-state index is -1.07. The molecule has 0 radical (unpaired) electrons. The fourth-order valence-electron chi connectivity index (χ4n) is 1.22. The Kier molecular flexibility index (Phi) is 3.97. The van der Waals surface area contributed by atoms with Crippen LogP contribution in [0.2, 0.25) is 0 Å². The molecule has 0 aliphatic heterocycles. The fourth-order valence-corrected chi connectivity index (χ4v) is 1.53. The van der Waals surface area contributed by atoms with E-state index in [1.807, 2.05) is 13.8 Å². The molecule has 0 saturated heterocycles. The average molecular weight is 277 g/mol. The predicted octanol–water partition coefficient (Wildman–Crippen LogP) is 3.96. The summed E-state index contributed by atoms with van der Waals surface area (Å²) in [5.74, 6) is -2.32. The molecule has 0 aromatic heterocycles. The monoisotopic (exact) mass is 276 g/mol. The van der Waals surface area contributed by atoms with Crippen molar-refractivity contribution in [1.29, 1.82) is 0 Å². The van der Waals surface area contributed by atoms with E-state index in [-0.39, 0.29) is 28.2 Å². The molecule has 0 spiro atoms. The van der Waals surface area contributed by atoms with Crippen LogP contribution >= 0.6 is 15.9 Å². The number of Topliss-reactive ketones (excluding diaryl/α,β-unsaturated/α-hetero) is 1. The normalized spacial score (nSPS) is 10.8. The molecule has 82 valence electrons. The van der Waals surface area contributed by atoms with Gasteiger partial charge < -0.3 is 0 Å². The van der Waals surface area contributed by atoms with Crippen LogP contribution in [0.15, 0.2) is 16.6 Å². The Morgan fingerprint density at radius 3 is 2.47 bits per heavy atom. The number of hydrogen-bond acceptors (Lipinski definition) is 1. The zero-order valence-electron chi connectivity index (χ0n) is 8.48. The van der Waals surface area contributed by atoms with E-state index >= 15 is 0 Å². The Labute approximate surface area is 95.6 Å². The minimum Gasteiger partial charge on any atom is -0.294 e. The van der Waals surface area contributed by atoms with Crippen molar-refractivity contribution in [2.45, 2.75) is 20.3 Å². The standard InChI is InChI=1S/C11H11BrF2O/c1-6(2)5-9(15)7-3-4-8(12)11(14)10(7)13/h3-4,6H,5H2,1-2H3. The lowest BCUT2D eigenvalue weighted by atomic mass is 10.0. The summed E-state index contributed by atoms with van der Waals surface area (Å²) < 4.78 is 26.5. The molecule has 0 aliphatic rings. The zero-order valence-corrected chi connectivity index (χ0v) is 10.1. The van der Waals surface area contributed by atoms with Gasteiger partial charge in [-0.2, -0.15) is 0 Å². The van der Waals surface area contributed by atoms with E-state index < -0.39 is 11.6 Å². The lowest BCUT2D eigenvalue weighted by molar-refractivity contribution is 0.0963. The SMILES string of the molecule is CC(C)CC(=O)c1ccc(Br)c(F)c1F. The van der Waals surface area contributed by atoms with Gasteiger partial charge in [0, 0.05) is 6.42 Å². The number of halogens is 3. The second-order valence-corrected chi connectivity index (χ2v) is 4.60. The maximum Gasteiger partial charge on any atom is 0.173 e. The van der Waals surface area contributed by atoms with Crippen molar-refractivity contribution in [3.63, 3.8) is 0 Å². The summed E-state index contributed by atoms with van der Waals surface area (Å²) in [6.07, 6.45) is 0.220. The van der Waals surface area contributed by atoms with Crippen molar-refractivity contribution < 1.29 is 13.6 Å². The maximum absolute atomic E-state index is 13.3. The predicted molar refractivity (Wildman–Crippen MR) is 57.8 cm³/mol. The average Bonchev–Trinajstić information content (AvgIpc) is 2.13. The first-order chi connectivity index (χ1) is 6.93. The van der Waals surface area contributed by atoms with Crippen LogP contribution in [0.4, 0.5) is 8.78 Å². The highest BCUT2D eigenvalue weighted by Gasteiger charge is 2.18. The third kappa shape index (κ3) is 2.84. The van der Waals surface area contributed by atoms with Crippen LogP contribution in [0.1, 0.15) is 30.6 Å². The van der Waals surface area contributed by atoms with Gasteiger partial charge in [-0.3, -0.25) is 4.79 Å². The molecule has 0 bridgehead atoms. The van der Waals surface area contributed by atoms with Gasteiger partial charge in [0.25, 0.3) is 0 Å². The number of benzene rings is 1. The van der Waals surface area contributed by atoms with E-state index in [2.05, 4.69) is 15.9 Å². The highest BCUT2D eigenvalue weighted by molar-refractivity contribution is 9.10. The Morgan fingerprint density at radius 2 is 1.93 bits per heavy atom. The lowest BCUT2D eigenvalue weighted by Gasteiger charge is -2.06. The van der Waals surface area contributed by atoms with Gasteiger partial charge in [-0.15, -0.1) is 0 Å². The Morgan fingerprint density at radius 1 is 1.33 bits per heavy atom. The Bertz CT molecular complexity index is 388. The second kappa shape index (κ2) is 4.84. The van der Waals surface area contributed by atoms with Crippen molar-refractivity contribution >= 4 is 21.7 Å². The topological polar surface area (TPSA) is 17.1 Å². The molecular formula is C11H11BrF2O. The van der Waals surface area contributed by atoms with Crippen LogP contribution in [0.25, 0.3) is 0 Å². The molecule has 0 saturated carbocycles. The van der Waals surface area contributed by atoms with Gasteiger partial charge in [0.15, 0.2) is 17.4 Å². The van der Waals surface area contributed by atoms with Crippen LogP contribution in [0, 0.1) is 17.6 Å². The van der Waals surface area contributed by atoms with Crippen molar-refractivity contribution in [3.05, 3.63) is 33.8 Å². The first kappa shape index (κ1) is 12.3.